The fourth-order valence-electron chi connectivity index (χ4n) is 1.81. The van der Waals surface area contributed by atoms with E-state index in [2.05, 4.69) is 10.5 Å². The maximum absolute atomic E-state index is 11.8. The molecule has 0 atom stereocenters. The average Bonchev–Trinajstić information content (AvgIpc) is 2.56. The van der Waals surface area contributed by atoms with Gasteiger partial charge in [0.1, 0.15) is 5.75 Å². The highest BCUT2D eigenvalue weighted by molar-refractivity contribution is 8.00. The van der Waals surface area contributed by atoms with Gasteiger partial charge in [0.2, 0.25) is 5.91 Å². The standard InChI is InChI=1S/C17H17ClN2O2S/c1-12-3-4-13(9-16(12)22-2)10-19-20-17(21)11-23-15-7-5-14(18)6-8-15/h3-10H,11H2,1-2H3,(H,20,21)/b19-10+. The van der Waals surface area contributed by atoms with E-state index in [1.165, 1.54) is 11.8 Å². The highest BCUT2D eigenvalue weighted by Crippen LogP contribution is 2.20. The summed E-state index contributed by atoms with van der Waals surface area (Å²) in [6.07, 6.45) is 1.59. The normalized spacial score (nSPS) is 10.7. The minimum absolute atomic E-state index is 0.166. The predicted molar refractivity (Wildman–Crippen MR) is 95.6 cm³/mol. The van der Waals surface area contributed by atoms with Gasteiger partial charge in [-0.2, -0.15) is 5.10 Å². The molecule has 1 N–H and O–H groups in total. The average molecular weight is 349 g/mol. The van der Waals surface area contributed by atoms with Crippen molar-refractivity contribution in [2.45, 2.75) is 11.8 Å². The van der Waals surface area contributed by atoms with E-state index in [1.54, 1.807) is 25.5 Å². The Kier molecular flexibility index (Phi) is 6.50. The molecular weight excluding hydrogens is 332 g/mol. The largest absolute Gasteiger partial charge is 0.496 e. The molecule has 0 bridgehead atoms. The molecule has 0 heterocycles. The van der Waals surface area contributed by atoms with Crippen LogP contribution in [0.15, 0.2) is 52.5 Å². The molecule has 0 aliphatic carbocycles. The van der Waals surface area contributed by atoms with Crippen LogP contribution in [0.5, 0.6) is 5.75 Å². The number of rotatable bonds is 6. The fourth-order valence-corrected chi connectivity index (χ4v) is 2.62. The van der Waals surface area contributed by atoms with Crippen LogP contribution in [-0.2, 0) is 4.79 Å². The van der Waals surface area contributed by atoms with Crippen molar-refractivity contribution < 1.29 is 9.53 Å². The SMILES string of the molecule is COc1cc(/C=N/NC(=O)CSc2ccc(Cl)cc2)ccc1C. The number of hydrogen-bond donors (Lipinski definition) is 1. The number of aryl methyl sites for hydroxylation is 1. The number of amides is 1. The number of benzene rings is 2. The lowest BCUT2D eigenvalue weighted by Crippen LogP contribution is -2.19. The minimum atomic E-state index is -0.166. The van der Waals surface area contributed by atoms with Gasteiger partial charge in [0, 0.05) is 9.92 Å². The Morgan fingerprint density at radius 1 is 1.30 bits per heavy atom. The second-order valence-corrected chi connectivity index (χ2v) is 6.25. The highest BCUT2D eigenvalue weighted by atomic mass is 35.5. The Morgan fingerprint density at radius 3 is 2.74 bits per heavy atom. The Bertz CT molecular complexity index is 702. The molecule has 120 valence electrons. The second kappa shape index (κ2) is 8.60. The molecular formula is C17H17ClN2O2S. The van der Waals surface area contributed by atoms with Gasteiger partial charge in [0.25, 0.3) is 0 Å². The van der Waals surface area contributed by atoms with Crippen molar-refractivity contribution in [3.63, 3.8) is 0 Å². The van der Waals surface area contributed by atoms with Crippen molar-refractivity contribution in [1.82, 2.24) is 5.43 Å². The quantitative estimate of drug-likeness (QED) is 0.489. The van der Waals surface area contributed by atoms with Gasteiger partial charge in [0.05, 0.1) is 19.1 Å². The smallest absolute Gasteiger partial charge is 0.250 e. The van der Waals surface area contributed by atoms with Crippen LogP contribution in [-0.4, -0.2) is 25.0 Å². The Morgan fingerprint density at radius 2 is 2.04 bits per heavy atom. The number of ether oxygens (including phenoxy) is 1. The number of methoxy groups -OCH3 is 1. The van der Waals surface area contributed by atoms with Gasteiger partial charge >= 0.3 is 0 Å². The molecule has 2 aromatic carbocycles. The topological polar surface area (TPSA) is 50.7 Å². The van der Waals surface area contributed by atoms with Gasteiger partial charge in [-0.1, -0.05) is 23.7 Å². The summed E-state index contributed by atoms with van der Waals surface area (Å²) in [5, 5.41) is 4.64. The molecule has 0 fully saturated rings. The molecule has 0 unspecified atom stereocenters. The summed E-state index contributed by atoms with van der Waals surface area (Å²) in [5.41, 5.74) is 4.42. The summed E-state index contributed by atoms with van der Waals surface area (Å²) in [4.78, 5) is 12.7. The number of nitrogens with zero attached hydrogens (tertiary/aromatic N) is 1. The van der Waals surface area contributed by atoms with E-state index in [4.69, 9.17) is 16.3 Å². The zero-order chi connectivity index (χ0) is 16.7. The number of carbonyl (C=O) groups excluding carboxylic acids is 1. The number of hydrazone groups is 1. The van der Waals surface area contributed by atoms with Crippen LogP contribution in [0.25, 0.3) is 0 Å². The molecule has 2 aromatic rings. The molecule has 1 amide bonds. The fraction of sp³-hybridized carbons (Fsp3) is 0.176. The lowest BCUT2D eigenvalue weighted by atomic mass is 10.1. The predicted octanol–water partition coefficient (Wildman–Crippen LogP) is 3.90. The zero-order valence-corrected chi connectivity index (χ0v) is 14.4. The molecule has 0 aliphatic rings. The van der Waals surface area contributed by atoms with E-state index in [0.29, 0.717) is 5.02 Å². The third-order valence-corrected chi connectivity index (χ3v) is 4.28. The third kappa shape index (κ3) is 5.62. The van der Waals surface area contributed by atoms with Crippen LogP contribution in [0.1, 0.15) is 11.1 Å². The van der Waals surface area contributed by atoms with Crippen molar-refractivity contribution in [2.75, 3.05) is 12.9 Å². The maximum atomic E-state index is 11.8. The van der Waals surface area contributed by atoms with Gasteiger partial charge in [-0.15, -0.1) is 11.8 Å². The summed E-state index contributed by atoms with van der Waals surface area (Å²) in [7, 11) is 1.62. The minimum Gasteiger partial charge on any atom is -0.496 e. The molecule has 0 spiro atoms. The van der Waals surface area contributed by atoms with Crippen molar-refractivity contribution in [1.29, 1.82) is 0 Å². The first-order chi connectivity index (χ1) is 11.1. The van der Waals surface area contributed by atoms with Crippen molar-refractivity contribution in [3.05, 3.63) is 58.6 Å². The molecule has 4 nitrogen and oxygen atoms in total. The van der Waals surface area contributed by atoms with Crippen LogP contribution in [0, 0.1) is 6.92 Å². The molecule has 0 radical (unpaired) electrons. The summed E-state index contributed by atoms with van der Waals surface area (Å²) in [5.74, 6) is 0.912. The van der Waals surface area contributed by atoms with Gasteiger partial charge in [-0.3, -0.25) is 4.79 Å². The van der Waals surface area contributed by atoms with Gasteiger partial charge in [0.15, 0.2) is 0 Å². The van der Waals surface area contributed by atoms with Crippen LogP contribution in [0.2, 0.25) is 5.02 Å². The lowest BCUT2D eigenvalue weighted by Gasteiger charge is -2.04. The summed E-state index contributed by atoms with van der Waals surface area (Å²) >= 11 is 7.24. The van der Waals surface area contributed by atoms with E-state index in [9.17, 15) is 4.79 Å². The van der Waals surface area contributed by atoms with Gasteiger partial charge in [-0.25, -0.2) is 5.43 Å². The number of halogens is 1. The zero-order valence-electron chi connectivity index (χ0n) is 12.9. The Labute approximate surface area is 144 Å². The molecule has 6 heteroatoms. The number of carbonyl (C=O) groups is 1. The van der Waals surface area contributed by atoms with E-state index in [1.807, 2.05) is 37.3 Å². The summed E-state index contributed by atoms with van der Waals surface area (Å²) in [6.45, 7) is 1.97. The first-order valence-corrected chi connectivity index (χ1v) is 8.30. The highest BCUT2D eigenvalue weighted by Gasteiger charge is 2.02. The van der Waals surface area contributed by atoms with Crippen LogP contribution < -0.4 is 10.2 Å². The summed E-state index contributed by atoms with van der Waals surface area (Å²) < 4.78 is 5.25. The molecule has 2 rings (SSSR count). The molecule has 0 aromatic heterocycles. The van der Waals surface area contributed by atoms with Crippen LogP contribution in [0.3, 0.4) is 0 Å². The van der Waals surface area contributed by atoms with Gasteiger partial charge < -0.3 is 4.74 Å². The van der Waals surface area contributed by atoms with E-state index in [0.717, 1.165) is 21.8 Å². The number of nitrogens with one attached hydrogen (secondary N) is 1. The lowest BCUT2D eigenvalue weighted by molar-refractivity contribution is -0.118. The monoisotopic (exact) mass is 348 g/mol. The van der Waals surface area contributed by atoms with Crippen molar-refractivity contribution in [2.24, 2.45) is 5.10 Å². The second-order valence-electron chi connectivity index (χ2n) is 4.76. The Balaban J connectivity index is 1.82. The van der Waals surface area contributed by atoms with Crippen LogP contribution >= 0.6 is 23.4 Å². The van der Waals surface area contributed by atoms with Crippen molar-refractivity contribution >= 4 is 35.5 Å². The summed E-state index contributed by atoms with van der Waals surface area (Å²) in [6, 6.07) is 13.1. The Hall–Kier alpha value is -1.98. The molecule has 0 saturated heterocycles. The number of thioether (sulfide) groups is 1. The first kappa shape index (κ1) is 17.4. The van der Waals surface area contributed by atoms with E-state index < -0.39 is 0 Å². The molecule has 0 saturated carbocycles. The van der Waals surface area contributed by atoms with Crippen molar-refractivity contribution in [3.8, 4) is 5.75 Å². The maximum Gasteiger partial charge on any atom is 0.250 e. The van der Waals surface area contributed by atoms with Crippen LogP contribution in [0.4, 0.5) is 0 Å². The third-order valence-electron chi connectivity index (χ3n) is 3.02. The first-order valence-electron chi connectivity index (χ1n) is 6.93. The molecule has 23 heavy (non-hydrogen) atoms. The van der Waals surface area contributed by atoms with Gasteiger partial charge in [-0.05, 0) is 48.4 Å². The number of hydrogen-bond acceptors (Lipinski definition) is 4. The molecule has 0 aliphatic heterocycles. The van der Waals surface area contributed by atoms with E-state index >= 15 is 0 Å². The van der Waals surface area contributed by atoms with E-state index in [-0.39, 0.29) is 11.7 Å².